The van der Waals surface area contributed by atoms with E-state index < -0.39 is 20.9 Å². The van der Waals surface area contributed by atoms with Crippen LogP contribution in [0.4, 0.5) is 17.1 Å². The number of nitrogens with one attached hydrogen (secondary N) is 2. The van der Waals surface area contributed by atoms with Crippen LogP contribution in [0.25, 0.3) is 0 Å². The van der Waals surface area contributed by atoms with Gasteiger partial charge in [-0.15, -0.1) is 0 Å². The monoisotopic (exact) mass is 441 g/mol. The predicted octanol–water partition coefficient (Wildman–Crippen LogP) is 3.96. The second-order valence-corrected chi connectivity index (χ2v) is 8.28. The largest absolute Gasteiger partial charge is 0.495 e. The van der Waals surface area contributed by atoms with E-state index in [4.69, 9.17) is 4.74 Å². The van der Waals surface area contributed by atoms with Crippen molar-refractivity contribution in [2.24, 2.45) is 0 Å². The lowest BCUT2D eigenvalue weighted by atomic mass is 10.1. The van der Waals surface area contributed by atoms with E-state index in [1.165, 1.54) is 49.6 Å². The summed E-state index contributed by atoms with van der Waals surface area (Å²) < 4.78 is 32.6. The maximum atomic E-state index is 12.5. The van der Waals surface area contributed by atoms with E-state index in [-0.39, 0.29) is 16.3 Å². The molecule has 0 heterocycles. The Labute approximate surface area is 178 Å². The van der Waals surface area contributed by atoms with Gasteiger partial charge >= 0.3 is 0 Å². The molecule has 0 aromatic heterocycles. The fourth-order valence-corrected chi connectivity index (χ4v) is 3.88. The topological polar surface area (TPSA) is 128 Å². The van der Waals surface area contributed by atoms with Crippen LogP contribution in [0.2, 0.25) is 0 Å². The Bertz CT molecular complexity index is 1240. The zero-order valence-corrected chi connectivity index (χ0v) is 17.5. The Balaban J connectivity index is 1.76. The SMILES string of the molecule is COc1ccc(C)cc1NC(=O)c1ccc(NS(=O)(=O)c2cccc([N+](=O)[O-])c2)cc1. The number of nitrogens with zero attached hydrogens (tertiary/aromatic N) is 1. The second-order valence-electron chi connectivity index (χ2n) is 6.60. The lowest BCUT2D eigenvalue weighted by Gasteiger charge is -2.12. The molecule has 3 aromatic carbocycles. The number of sulfonamides is 1. The summed E-state index contributed by atoms with van der Waals surface area (Å²) in [7, 11) is -2.53. The van der Waals surface area contributed by atoms with Crippen molar-refractivity contribution in [2.45, 2.75) is 11.8 Å². The second kappa shape index (κ2) is 8.84. The molecule has 9 nitrogen and oxygen atoms in total. The number of carbonyl (C=O) groups excluding carboxylic acids is 1. The number of non-ortho nitro benzene ring substituents is 1. The van der Waals surface area contributed by atoms with Crippen LogP contribution in [0.15, 0.2) is 71.6 Å². The van der Waals surface area contributed by atoms with Crippen LogP contribution < -0.4 is 14.8 Å². The molecule has 3 aromatic rings. The van der Waals surface area contributed by atoms with Crippen LogP contribution >= 0.6 is 0 Å². The molecule has 160 valence electrons. The fourth-order valence-electron chi connectivity index (χ4n) is 2.78. The van der Waals surface area contributed by atoms with Gasteiger partial charge in [0.15, 0.2) is 0 Å². The quantitative estimate of drug-likeness (QED) is 0.422. The lowest BCUT2D eigenvalue weighted by molar-refractivity contribution is -0.385. The molecular formula is C21H19N3O6S. The van der Waals surface area contributed by atoms with Gasteiger partial charge in [-0.1, -0.05) is 12.1 Å². The zero-order chi connectivity index (χ0) is 22.6. The van der Waals surface area contributed by atoms with Gasteiger partial charge in [0.2, 0.25) is 0 Å². The maximum Gasteiger partial charge on any atom is 0.270 e. The molecule has 10 heteroatoms. The van der Waals surface area contributed by atoms with E-state index in [0.717, 1.165) is 11.6 Å². The van der Waals surface area contributed by atoms with Crippen molar-refractivity contribution in [2.75, 3.05) is 17.1 Å². The molecule has 0 aliphatic rings. The van der Waals surface area contributed by atoms with Crippen molar-refractivity contribution in [3.8, 4) is 5.75 Å². The first-order valence-corrected chi connectivity index (χ1v) is 10.5. The first kappa shape index (κ1) is 21.8. The van der Waals surface area contributed by atoms with Gasteiger partial charge in [0.1, 0.15) is 5.75 Å². The van der Waals surface area contributed by atoms with Gasteiger partial charge in [0.25, 0.3) is 21.6 Å². The van der Waals surface area contributed by atoms with E-state index in [0.29, 0.717) is 17.0 Å². The molecule has 0 saturated carbocycles. The molecule has 31 heavy (non-hydrogen) atoms. The summed E-state index contributed by atoms with van der Waals surface area (Å²) in [6.07, 6.45) is 0. The minimum atomic E-state index is -4.04. The average molecular weight is 441 g/mol. The third-order valence-corrected chi connectivity index (χ3v) is 5.72. The molecule has 0 unspecified atom stereocenters. The molecule has 0 atom stereocenters. The number of aryl methyl sites for hydroxylation is 1. The maximum absolute atomic E-state index is 12.5. The predicted molar refractivity (Wildman–Crippen MR) is 116 cm³/mol. The summed E-state index contributed by atoms with van der Waals surface area (Å²) in [5.41, 5.74) is 1.64. The van der Waals surface area contributed by atoms with Crippen molar-refractivity contribution in [1.29, 1.82) is 0 Å². The Morgan fingerprint density at radius 1 is 1.03 bits per heavy atom. The summed E-state index contributed by atoms with van der Waals surface area (Å²) in [4.78, 5) is 22.5. The van der Waals surface area contributed by atoms with Gasteiger partial charge in [-0.3, -0.25) is 19.6 Å². The van der Waals surface area contributed by atoms with Crippen molar-refractivity contribution < 1.29 is 22.9 Å². The van der Waals surface area contributed by atoms with Gasteiger partial charge in [0.05, 0.1) is 22.6 Å². The van der Waals surface area contributed by atoms with E-state index in [1.54, 1.807) is 12.1 Å². The highest BCUT2D eigenvalue weighted by Gasteiger charge is 2.18. The summed E-state index contributed by atoms with van der Waals surface area (Å²) in [6, 6.07) is 15.9. The highest BCUT2D eigenvalue weighted by Crippen LogP contribution is 2.26. The average Bonchev–Trinajstić information content (AvgIpc) is 2.74. The number of benzene rings is 3. The molecule has 0 bridgehead atoms. The standard InChI is InChI=1S/C21H19N3O6S/c1-14-6-11-20(30-2)19(12-14)22-21(25)15-7-9-16(10-8-15)23-31(28,29)18-5-3-4-17(13-18)24(26)27/h3-13,23H,1-2H3,(H,22,25). The fraction of sp³-hybridized carbons (Fsp3) is 0.0952. The summed E-state index contributed by atoms with van der Waals surface area (Å²) in [5, 5.41) is 13.6. The van der Waals surface area contributed by atoms with Crippen LogP contribution in [0.3, 0.4) is 0 Å². The number of hydrogen-bond donors (Lipinski definition) is 2. The Hall–Kier alpha value is -3.92. The van der Waals surface area contributed by atoms with Gasteiger partial charge in [-0.05, 0) is 55.0 Å². The first-order chi connectivity index (χ1) is 14.7. The van der Waals surface area contributed by atoms with Crippen molar-refractivity contribution in [3.05, 3.63) is 88.0 Å². The van der Waals surface area contributed by atoms with Crippen LogP contribution in [-0.4, -0.2) is 26.4 Å². The van der Waals surface area contributed by atoms with Gasteiger partial charge in [-0.25, -0.2) is 8.42 Å². The molecule has 0 saturated heterocycles. The van der Waals surface area contributed by atoms with Crippen LogP contribution in [-0.2, 0) is 10.0 Å². The molecule has 1 amide bonds. The smallest absolute Gasteiger partial charge is 0.270 e. The molecule has 0 aliphatic carbocycles. The van der Waals surface area contributed by atoms with Crippen molar-refractivity contribution >= 4 is 33.0 Å². The molecule has 2 N–H and O–H groups in total. The minimum Gasteiger partial charge on any atom is -0.495 e. The van der Waals surface area contributed by atoms with Crippen LogP contribution in [0, 0.1) is 17.0 Å². The normalized spacial score (nSPS) is 10.9. The van der Waals surface area contributed by atoms with E-state index in [2.05, 4.69) is 10.0 Å². The van der Waals surface area contributed by atoms with Crippen LogP contribution in [0.1, 0.15) is 15.9 Å². The molecule has 0 radical (unpaired) electrons. The number of methoxy groups -OCH3 is 1. The van der Waals surface area contributed by atoms with Gasteiger partial charge < -0.3 is 10.1 Å². The number of amides is 1. The van der Waals surface area contributed by atoms with E-state index >= 15 is 0 Å². The van der Waals surface area contributed by atoms with Gasteiger partial charge in [-0.2, -0.15) is 0 Å². The van der Waals surface area contributed by atoms with Crippen molar-refractivity contribution in [1.82, 2.24) is 0 Å². The van der Waals surface area contributed by atoms with E-state index in [1.807, 2.05) is 13.0 Å². The number of nitro groups is 1. The highest BCUT2D eigenvalue weighted by molar-refractivity contribution is 7.92. The molecule has 0 spiro atoms. The number of nitro benzene ring substituents is 1. The summed E-state index contributed by atoms with van der Waals surface area (Å²) in [5.74, 6) is 0.122. The molecular weight excluding hydrogens is 422 g/mol. The zero-order valence-electron chi connectivity index (χ0n) is 16.7. The molecule has 0 aliphatic heterocycles. The first-order valence-electron chi connectivity index (χ1n) is 9.03. The third kappa shape index (κ3) is 5.17. The number of hydrogen-bond acceptors (Lipinski definition) is 6. The van der Waals surface area contributed by atoms with E-state index in [9.17, 15) is 23.3 Å². The third-order valence-electron chi connectivity index (χ3n) is 4.34. The Kier molecular flexibility index (Phi) is 6.21. The number of rotatable bonds is 7. The highest BCUT2D eigenvalue weighted by atomic mass is 32.2. The molecule has 3 rings (SSSR count). The lowest BCUT2D eigenvalue weighted by Crippen LogP contribution is -2.14. The Morgan fingerprint density at radius 3 is 2.39 bits per heavy atom. The summed E-state index contributed by atoms with van der Waals surface area (Å²) >= 11 is 0. The molecule has 0 fully saturated rings. The summed E-state index contributed by atoms with van der Waals surface area (Å²) in [6.45, 7) is 1.89. The number of anilines is 2. The number of carbonyl (C=O) groups is 1. The minimum absolute atomic E-state index is 0.205. The van der Waals surface area contributed by atoms with Gasteiger partial charge in [0, 0.05) is 23.4 Å². The Morgan fingerprint density at radius 2 is 1.74 bits per heavy atom. The van der Waals surface area contributed by atoms with Crippen LogP contribution in [0.5, 0.6) is 5.75 Å². The number of ether oxygens (including phenoxy) is 1. The van der Waals surface area contributed by atoms with Crippen molar-refractivity contribution in [3.63, 3.8) is 0 Å².